The van der Waals surface area contributed by atoms with Crippen molar-refractivity contribution in [2.45, 2.75) is 31.1 Å². The van der Waals surface area contributed by atoms with Crippen LogP contribution in [-0.2, 0) is 10.8 Å². The Morgan fingerprint density at radius 1 is 1.41 bits per heavy atom. The number of unbranched alkanes of at least 4 members (excludes halogenated alkanes) is 2. The molecule has 1 atom stereocenters. The highest BCUT2D eigenvalue weighted by atomic mass is 79.9. The normalized spacial score (nSPS) is 12.4. The first-order valence-electron chi connectivity index (χ1n) is 5.47. The first-order valence-corrected chi connectivity index (χ1v) is 7.58. The van der Waals surface area contributed by atoms with Gasteiger partial charge in [-0.1, -0.05) is 19.8 Å². The number of benzene rings is 1. The zero-order valence-corrected chi connectivity index (χ0v) is 12.0. The van der Waals surface area contributed by atoms with Crippen LogP contribution in [0.3, 0.4) is 0 Å². The lowest BCUT2D eigenvalue weighted by Gasteiger charge is -2.04. The van der Waals surface area contributed by atoms with E-state index in [4.69, 9.17) is 5.11 Å². The van der Waals surface area contributed by atoms with Gasteiger partial charge in [-0.05, 0) is 40.5 Å². The first kappa shape index (κ1) is 14.4. The lowest BCUT2D eigenvalue weighted by Crippen LogP contribution is -2.02. The SMILES string of the molecule is CCCCCS(=O)c1ccc(Br)c(C(=O)O)c1. The molecule has 0 aliphatic heterocycles. The highest BCUT2D eigenvalue weighted by molar-refractivity contribution is 9.10. The predicted molar refractivity (Wildman–Crippen MR) is 71.9 cm³/mol. The first-order chi connectivity index (χ1) is 8.06. The van der Waals surface area contributed by atoms with Crippen molar-refractivity contribution in [3.8, 4) is 0 Å². The van der Waals surface area contributed by atoms with E-state index >= 15 is 0 Å². The second kappa shape index (κ2) is 6.91. The molecule has 0 aliphatic rings. The molecular weight excluding hydrogens is 304 g/mol. The summed E-state index contributed by atoms with van der Waals surface area (Å²) in [6.45, 7) is 2.09. The fraction of sp³-hybridized carbons (Fsp3) is 0.417. The molecule has 1 aromatic carbocycles. The molecule has 1 unspecified atom stereocenters. The van der Waals surface area contributed by atoms with Gasteiger partial charge in [0.15, 0.2) is 0 Å². The number of hydrogen-bond donors (Lipinski definition) is 1. The molecule has 1 aromatic rings. The van der Waals surface area contributed by atoms with Gasteiger partial charge in [0.1, 0.15) is 0 Å². The van der Waals surface area contributed by atoms with Crippen molar-refractivity contribution in [2.75, 3.05) is 5.75 Å². The van der Waals surface area contributed by atoms with Crippen molar-refractivity contribution in [1.29, 1.82) is 0 Å². The Hall–Kier alpha value is -0.680. The van der Waals surface area contributed by atoms with E-state index in [0.29, 0.717) is 15.1 Å². The van der Waals surface area contributed by atoms with Crippen LogP contribution in [0.2, 0.25) is 0 Å². The molecule has 0 heterocycles. The van der Waals surface area contributed by atoms with Gasteiger partial charge in [0.2, 0.25) is 0 Å². The standard InChI is InChI=1S/C12H15BrO3S/c1-2-3-4-7-17(16)9-5-6-11(13)10(8-9)12(14)15/h5-6,8H,2-4,7H2,1H3,(H,14,15). The minimum atomic E-state index is -1.10. The van der Waals surface area contributed by atoms with Crippen LogP contribution in [0.25, 0.3) is 0 Å². The maximum Gasteiger partial charge on any atom is 0.336 e. The van der Waals surface area contributed by atoms with Crippen LogP contribution in [0.1, 0.15) is 36.5 Å². The lowest BCUT2D eigenvalue weighted by molar-refractivity contribution is 0.0695. The largest absolute Gasteiger partial charge is 0.478 e. The Labute approximate surface area is 112 Å². The summed E-state index contributed by atoms with van der Waals surface area (Å²) in [5.74, 6) is -0.418. The van der Waals surface area contributed by atoms with Crippen LogP contribution >= 0.6 is 15.9 Å². The van der Waals surface area contributed by atoms with E-state index in [-0.39, 0.29) is 5.56 Å². The number of rotatable bonds is 6. The summed E-state index contributed by atoms with van der Waals surface area (Å²) in [4.78, 5) is 11.5. The number of carboxylic acid groups (broad SMARTS) is 1. The van der Waals surface area contributed by atoms with Crippen LogP contribution in [0.15, 0.2) is 27.6 Å². The molecule has 0 aliphatic carbocycles. The molecule has 0 radical (unpaired) electrons. The number of hydrogen-bond acceptors (Lipinski definition) is 2. The fourth-order valence-corrected chi connectivity index (χ4v) is 3.00. The summed E-state index contributed by atoms with van der Waals surface area (Å²) >= 11 is 3.16. The number of aromatic carboxylic acids is 1. The Bertz CT molecular complexity index is 432. The predicted octanol–water partition coefficient (Wildman–Crippen LogP) is 3.45. The maximum atomic E-state index is 11.9. The quantitative estimate of drug-likeness (QED) is 0.817. The molecule has 0 bridgehead atoms. The highest BCUT2D eigenvalue weighted by Gasteiger charge is 2.11. The van der Waals surface area contributed by atoms with Crippen molar-refractivity contribution in [3.05, 3.63) is 28.2 Å². The van der Waals surface area contributed by atoms with Crippen molar-refractivity contribution in [2.24, 2.45) is 0 Å². The number of carboxylic acids is 1. The summed E-state index contributed by atoms with van der Waals surface area (Å²) in [7, 11) is -1.10. The number of carbonyl (C=O) groups is 1. The van der Waals surface area contributed by atoms with Crippen LogP contribution in [0.5, 0.6) is 0 Å². The van der Waals surface area contributed by atoms with E-state index in [9.17, 15) is 9.00 Å². The fourth-order valence-electron chi connectivity index (χ4n) is 1.41. The molecule has 0 saturated heterocycles. The third kappa shape index (κ3) is 4.24. The summed E-state index contributed by atoms with van der Waals surface area (Å²) in [6.07, 6.45) is 3.04. The van der Waals surface area contributed by atoms with Gasteiger partial charge in [0.25, 0.3) is 0 Å². The van der Waals surface area contributed by atoms with Gasteiger partial charge in [-0.3, -0.25) is 4.21 Å². The van der Waals surface area contributed by atoms with E-state index < -0.39 is 16.8 Å². The third-order valence-corrected chi connectivity index (χ3v) is 4.50. The highest BCUT2D eigenvalue weighted by Crippen LogP contribution is 2.20. The van der Waals surface area contributed by atoms with Gasteiger partial charge in [-0.25, -0.2) is 4.79 Å². The molecule has 3 nitrogen and oxygen atoms in total. The second-order valence-electron chi connectivity index (χ2n) is 3.70. The molecule has 0 fully saturated rings. The Balaban J connectivity index is 2.81. The molecule has 0 amide bonds. The van der Waals surface area contributed by atoms with Crippen molar-refractivity contribution >= 4 is 32.7 Å². The molecule has 0 spiro atoms. The Morgan fingerprint density at radius 3 is 2.71 bits per heavy atom. The topological polar surface area (TPSA) is 54.4 Å². The van der Waals surface area contributed by atoms with Gasteiger partial charge >= 0.3 is 5.97 Å². The van der Waals surface area contributed by atoms with E-state index in [1.807, 2.05) is 0 Å². The summed E-state index contributed by atoms with van der Waals surface area (Å²) in [5, 5.41) is 8.96. The average molecular weight is 319 g/mol. The van der Waals surface area contributed by atoms with E-state index in [1.54, 1.807) is 12.1 Å². The summed E-state index contributed by atoms with van der Waals surface area (Å²) < 4.78 is 12.4. The Kier molecular flexibility index (Phi) is 5.85. The van der Waals surface area contributed by atoms with Crippen molar-refractivity contribution < 1.29 is 14.1 Å². The van der Waals surface area contributed by atoms with Gasteiger partial charge in [0.05, 0.1) is 16.4 Å². The van der Waals surface area contributed by atoms with Gasteiger partial charge < -0.3 is 5.11 Å². The summed E-state index contributed by atoms with van der Waals surface area (Å²) in [6, 6.07) is 4.82. The molecule has 0 aromatic heterocycles. The van der Waals surface area contributed by atoms with E-state index in [1.165, 1.54) is 6.07 Å². The monoisotopic (exact) mass is 318 g/mol. The maximum absolute atomic E-state index is 11.9. The molecule has 17 heavy (non-hydrogen) atoms. The zero-order valence-electron chi connectivity index (χ0n) is 9.61. The van der Waals surface area contributed by atoms with Crippen molar-refractivity contribution in [3.63, 3.8) is 0 Å². The molecule has 0 saturated carbocycles. The van der Waals surface area contributed by atoms with Gasteiger partial charge in [-0.15, -0.1) is 0 Å². The molecule has 94 valence electrons. The van der Waals surface area contributed by atoms with Crippen LogP contribution in [0, 0.1) is 0 Å². The van der Waals surface area contributed by atoms with Gasteiger partial charge in [-0.2, -0.15) is 0 Å². The zero-order chi connectivity index (χ0) is 12.8. The van der Waals surface area contributed by atoms with E-state index in [2.05, 4.69) is 22.9 Å². The van der Waals surface area contributed by atoms with Crippen LogP contribution in [0.4, 0.5) is 0 Å². The van der Waals surface area contributed by atoms with Crippen molar-refractivity contribution in [1.82, 2.24) is 0 Å². The third-order valence-electron chi connectivity index (χ3n) is 2.36. The second-order valence-corrected chi connectivity index (χ2v) is 6.13. The lowest BCUT2D eigenvalue weighted by atomic mass is 10.2. The average Bonchev–Trinajstić information content (AvgIpc) is 2.29. The minimum absolute atomic E-state index is 0.159. The summed E-state index contributed by atoms with van der Waals surface area (Å²) in [5.41, 5.74) is 0.159. The van der Waals surface area contributed by atoms with E-state index in [0.717, 1.165) is 19.3 Å². The molecular formula is C12H15BrO3S. The molecule has 5 heteroatoms. The number of halogens is 1. The minimum Gasteiger partial charge on any atom is -0.478 e. The smallest absolute Gasteiger partial charge is 0.336 e. The molecule has 1 N–H and O–H groups in total. The van der Waals surface area contributed by atoms with Crippen LogP contribution in [-0.4, -0.2) is 21.0 Å². The van der Waals surface area contributed by atoms with Gasteiger partial charge in [0, 0.05) is 15.1 Å². The molecule has 1 rings (SSSR count). The van der Waals surface area contributed by atoms with Crippen LogP contribution < -0.4 is 0 Å². The Morgan fingerprint density at radius 2 is 2.12 bits per heavy atom.